The van der Waals surface area contributed by atoms with Crippen LogP contribution in [-0.2, 0) is 5.79 Å². The standard InChI is InChI=1S/C24H24ClFN6O/c1-28-24(15-5-10-19(20(11-15)33-2)32-12-21(25)29-13-32)30-22-17(8-9-18(22)23(27)31-24)14-3-6-16(26)7-4-14/h3-7,10-13,17,28,30H,8-9H2,1-2H3,(H2,27,31). The van der Waals surface area contributed by atoms with Crippen LogP contribution in [0.4, 0.5) is 4.39 Å². The molecule has 2 unspecified atom stereocenters. The predicted molar refractivity (Wildman–Crippen MR) is 126 cm³/mol. The number of halogens is 2. The van der Waals surface area contributed by atoms with Gasteiger partial charge in [0.05, 0.1) is 12.8 Å². The molecule has 3 aromatic rings. The van der Waals surface area contributed by atoms with Gasteiger partial charge in [0.25, 0.3) is 0 Å². The molecule has 33 heavy (non-hydrogen) atoms. The van der Waals surface area contributed by atoms with E-state index in [-0.39, 0.29) is 11.7 Å². The smallest absolute Gasteiger partial charge is 0.213 e. The summed E-state index contributed by atoms with van der Waals surface area (Å²) in [5.41, 5.74) is 11.1. The zero-order valence-electron chi connectivity index (χ0n) is 18.3. The number of nitrogens with one attached hydrogen (secondary N) is 2. The molecule has 2 aliphatic rings. The average Bonchev–Trinajstić information content (AvgIpc) is 3.45. The molecule has 0 bridgehead atoms. The Hall–Kier alpha value is -3.36. The highest BCUT2D eigenvalue weighted by molar-refractivity contribution is 6.29. The lowest BCUT2D eigenvalue weighted by Gasteiger charge is -2.38. The Morgan fingerprint density at radius 3 is 2.73 bits per heavy atom. The van der Waals surface area contributed by atoms with Gasteiger partial charge < -0.3 is 20.4 Å². The number of nitrogens with zero attached hydrogens (tertiary/aromatic N) is 3. The molecular weight excluding hydrogens is 443 g/mol. The predicted octanol–water partition coefficient (Wildman–Crippen LogP) is 3.80. The summed E-state index contributed by atoms with van der Waals surface area (Å²) in [6.45, 7) is 0. The molecule has 0 amide bonds. The Bertz CT molecular complexity index is 1270. The monoisotopic (exact) mass is 466 g/mol. The molecule has 5 rings (SSSR count). The van der Waals surface area contributed by atoms with Gasteiger partial charge in [0.15, 0.2) is 0 Å². The first-order chi connectivity index (χ1) is 15.9. The second kappa shape index (κ2) is 8.20. The number of allylic oxidation sites excluding steroid dienone is 1. The van der Waals surface area contributed by atoms with Crippen LogP contribution in [0.1, 0.15) is 29.9 Å². The number of aliphatic imine (C=N–C) groups is 1. The van der Waals surface area contributed by atoms with Crippen LogP contribution in [-0.4, -0.2) is 29.5 Å². The number of hydrogen-bond acceptors (Lipinski definition) is 6. The molecule has 0 spiro atoms. The quantitative estimate of drug-likeness (QED) is 0.532. The number of imidazole rings is 1. The summed E-state index contributed by atoms with van der Waals surface area (Å²) >= 11 is 5.99. The van der Waals surface area contributed by atoms with Gasteiger partial charge >= 0.3 is 0 Å². The summed E-state index contributed by atoms with van der Waals surface area (Å²) in [4.78, 5) is 8.91. The van der Waals surface area contributed by atoms with Crippen LogP contribution in [0.3, 0.4) is 0 Å². The van der Waals surface area contributed by atoms with Crippen molar-refractivity contribution in [3.8, 4) is 11.4 Å². The maximum absolute atomic E-state index is 13.5. The van der Waals surface area contributed by atoms with E-state index in [1.54, 1.807) is 24.2 Å². The average molecular weight is 467 g/mol. The van der Waals surface area contributed by atoms with E-state index in [4.69, 9.17) is 27.1 Å². The van der Waals surface area contributed by atoms with Crippen molar-refractivity contribution in [1.82, 2.24) is 20.2 Å². The molecule has 0 fully saturated rings. The highest BCUT2D eigenvalue weighted by atomic mass is 35.5. The Kier molecular flexibility index (Phi) is 5.34. The fraction of sp³-hybridized carbons (Fsp3) is 0.250. The molecule has 2 heterocycles. The minimum absolute atomic E-state index is 0.0802. The van der Waals surface area contributed by atoms with E-state index >= 15 is 0 Å². The molecule has 4 N–H and O–H groups in total. The van der Waals surface area contributed by atoms with Gasteiger partial charge in [-0.1, -0.05) is 29.8 Å². The van der Waals surface area contributed by atoms with Crippen LogP contribution < -0.4 is 21.1 Å². The molecule has 2 atom stereocenters. The van der Waals surface area contributed by atoms with Crippen LogP contribution >= 0.6 is 11.6 Å². The molecule has 9 heteroatoms. The number of hydrogen-bond donors (Lipinski definition) is 3. The Morgan fingerprint density at radius 1 is 1.27 bits per heavy atom. The van der Waals surface area contributed by atoms with Crippen molar-refractivity contribution in [2.45, 2.75) is 24.5 Å². The van der Waals surface area contributed by atoms with Gasteiger partial charge in [-0.3, -0.25) is 5.32 Å². The van der Waals surface area contributed by atoms with E-state index in [0.717, 1.165) is 40.9 Å². The molecule has 0 saturated carbocycles. The van der Waals surface area contributed by atoms with E-state index < -0.39 is 5.79 Å². The van der Waals surface area contributed by atoms with Gasteiger partial charge in [0.2, 0.25) is 5.79 Å². The molecular formula is C24H24ClFN6O. The number of rotatable bonds is 5. The SMILES string of the molecule is CNC1(c2ccc(-n3cnc(Cl)c3)c(OC)c2)N=C(N)C2=C(N1)C(c1ccc(F)cc1)CC2. The third kappa shape index (κ3) is 3.65. The normalized spacial score (nSPS) is 22.1. The van der Waals surface area contributed by atoms with Gasteiger partial charge in [-0.2, -0.15) is 0 Å². The van der Waals surface area contributed by atoms with Crippen LogP contribution in [0, 0.1) is 5.82 Å². The minimum Gasteiger partial charge on any atom is -0.495 e. The van der Waals surface area contributed by atoms with E-state index in [1.165, 1.54) is 12.1 Å². The second-order valence-electron chi connectivity index (χ2n) is 8.11. The van der Waals surface area contributed by atoms with Crippen molar-refractivity contribution in [3.05, 3.63) is 88.4 Å². The molecule has 1 aliphatic carbocycles. The minimum atomic E-state index is -0.982. The first-order valence-electron chi connectivity index (χ1n) is 10.6. The molecule has 7 nitrogen and oxygen atoms in total. The Balaban J connectivity index is 1.54. The van der Waals surface area contributed by atoms with E-state index in [1.807, 2.05) is 37.4 Å². The lowest BCUT2D eigenvalue weighted by molar-refractivity contribution is 0.309. The zero-order valence-corrected chi connectivity index (χ0v) is 19.0. The first kappa shape index (κ1) is 21.5. The number of nitrogens with two attached hydrogens (primary N) is 1. The molecule has 1 aliphatic heterocycles. The van der Waals surface area contributed by atoms with Crippen LogP contribution in [0.15, 0.2) is 71.3 Å². The number of methoxy groups -OCH3 is 1. The zero-order chi connectivity index (χ0) is 23.2. The summed E-state index contributed by atoms with van der Waals surface area (Å²) in [7, 11) is 3.44. The Labute approximate surface area is 196 Å². The third-order valence-electron chi connectivity index (χ3n) is 6.33. The third-order valence-corrected chi connectivity index (χ3v) is 6.53. The molecule has 2 aromatic carbocycles. The van der Waals surface area contributed by atoms with Crippen molar-refractivity contribution >= 4 is 17.4 Å². The topological polar surface area (TPSA) is 89.5 Å². The van der Waals surface area contributed by atoms with Crippen LogP contribution in [0.5, 0.6) is 5.75 Å². The van der Waals surface area contributed by atoms with E-state index in [0.29, 0.717) is 16.7 Å². The first-order valence-corrected chi connectivity index (χ1v) is 11.0. The van der Waals surface area contributed by atoms with Crippen LogP contribution in [0.2, 0.25) is 5.15 Å². The summed E-state index contributed by atoms with van der Waals surface area (Å²) < 4.78 is 21.0. The number of ether oxygens (including phenoxy) is 1. The summed E-state index contributed by atoms with van der Waals surface area (Å²) in [6.07, 6.45) is 5.03. The highest BCUT2D eigenvalue weighted by Gasteiger charge is 2.41. The van der Waals surface area contributed by atoms with E-state index in [9.17, 15) is 4.39 Å². The number of aromatic nitrogens is 2. The maximum Gasteiger partial charge on any atom is 0.213 e. The summed E-state index contributed by atoms with van der Waals surface area (Å²) in [6, 6.07) is 12.4. The Morgan fingerprint density at radius 2 is 2.06 bits per heavy atom. The fourth-order valence-corrected chi connectivity index (χ4v) is 4.80. The van der Waals surface area contributed by atoms with Gasteiger partial charge in [-0.15, -0.1) is 0 Å². The van der Waals surface area contributed by atoms with Gasteiger partial charge in [-0.05, 0) is 49.7 Å². The molecule has 0 saturated heterocycles. The number of benzene rings is 2. The highest BCUT2D eigenvalue weighted by Crippen LogP contribution is 2.43. The summed E-state index contributed by atoms with van der Waals surface area (Å²) in [5, 5.41) is 7.31. The van der Waals surface area contributed by atoms with Crippen molar-refractivity contribution in [1.29, 1.82) is 0 Å². The van der Waals surface area contributed by atoms with Crippen molar-refractivity contribution in [2.75, 3.05) is 14.2 Å². The largest absolute Gasteiger partial charge is 0.495 e. The number of amidine groups is 1. The van der Waals surface area contributed by atoms with Crippen LogP contribution in [0.25, 0.3) is 5.69 Å². The summed E-state index contributed by atoms with van der Waals surface area (Å²) in [5.74, 6) is -0.0272. The van der Waals surface area contributed by atoms with Gasteiger partial charge in [0.1, 0.15) is 28.9 Å². The lowest BCUT2D eigenvalue weighted by atomic mass is 9.94. The maximum atomic E-state index is 13.5. The van der Waals surface area contributed by atoms with Gasteiger partial charge in [-0.25, -0.2) is 14.4 Å². The van der Waals surface area contributed by atoms with Crippen molar-refractivity contribution < 1.29 is 9.13 Å². The lowest BCUT2D eigenvalue weighted by Crippen LogP contribution is -2.54. The molecule has 170 valence electrons. The van der Waals surface area contributed by atoms with Gasteiger partial charge in [0, 0.05) is 28.9 Å². The van der Waals surface area contributed by atoms with Crippen molar-refractivity contribution in [2.24, 2.45) is 10.7 Å². The second-order valence-corrected chi connectivity index (χ2v) is 8.50. The van der Waals surface area contributed by atoms with E-state index in [2.05, 4.69) is 15.6 Å². The molecule has 0 radical (unpaired) electrons. The van der Waals surface area contributed by atoms with Crippen molar-refractivity contribution in [3.63, 3.8) is 0 Å². The fourth-order valence-electron chi connectivity index (χ4n) is 4.65. The molecule has 1 aromatic heterocycles.